The molecule has 2 heterocycles. The first kappa shape index (κ1) is 17.3. The number of nitro benzene ring substituents is 1. The molecule has 2 aromatic rings. The van der Waals surface area contributed by atoms with E-state index in [-0.39, 0.29) is 34.2 Å². The average molecular weight is 362 g/mol. The number of amides is 1. The number of thioether (sulfide) groups is 1. The number of aromatic amines is 1. The van der Waals surface area contributed by atoms with Crippen molar-refractivity contribution in [2.75, 3.05) is 11.1 Å². The van der Waals surface area contributed by atoms with E-state index in [2.05, 4.69) is 10.4 Å². The lowest BCUT2D eigenvalue weighted by molar-refractivity contribution is -0.384. The summed E-state index contributed by atoms with van der Waals surface area (Å²) in [7, 11) is 0. The summed E-state index contributed by atoms with van der Waals surface area (Å²) in [4.78, 5) is 35.0. The number of hydrogen-bond donors (Lipinski definition) is 2. The first-order chi connectivity index (χ1) is 11.9. The Hall–Kier alpha value is -2.55. The Morgan fingerprint density at radius 1 is 1.36 bits per heavy atom. The van der Waals surface area contributed by atoms with Crippen molar-refractivity contribution >= 4 is 29.2 Å². The number of anilines is 1. The molecule has 25 heavy (non-hydrogen) atoms. The number of rotatable bonds is 4. The van der Waals surface area contributed by atoms with Gasteiger partial charge in [0.25, 0.3) is 11.2 Å². The average Bonchev–Trinajstić information content (AvgIpc) is 2.80. The lowest BCUT2D eigenvalue weighted by atomic mass is 10.1. The molecular weight excluding hydrogens is 344 g/mol. The Balaban J connectivity index is 2.11. The topological polar surface area (TPSA) is 110 Å². The zero-order valence-corrected chi connectivity index (χ0v) is 14.6. The number of nitrogens with one attached hydrogen (secondary N) is 2. The molecule has 0 spiro atoms. The molecule has 1 aromatic carbocycles. The van der Waals surface area contributed by atoms with Crippen LogP contribution in [0, 0.1) is 10.1 Å². The highest BCUT2D eigenvalue weighted by molar-refractivity contribution is 8.00. The van der Waals surface area contributed by atoms with E-state index in [1.165, 1.54) is 23.9 Å². The van der Waals surface area contributed by atoms with Crippen molar-refractivity contribution in [1.82, 2.24) is 9.78 Å². The van der Waals surface area contributed by atoms with Crippen molar-refractivity contribution in [3.63, 3.8) is 0 Å². The highest BCUT2D eigenvalue weighted by atomic mass is 32.2. The number of hydrogen-bond acceptors (Lipinski definition) is 5. The Labute approximate surface area is 147 Å². The van der Waals surface area contributed by atoms with E-state index in [0.29, 0.717) is 11.4 Å². The van der Waals surface area contributed by atoms with Gasteiger partial charge in [0, 0.05) is 18.2 Å². The van der Waals surface area contributed by atoms with Gasteiger partial charge in [-0.1, -0.05) is 19.1 Å². The predicted octanol–water partition coefficient (Wildman–Crippen LogP) is 2.83. The predicted molar refractivity (Wildman–Crippen MR) is 96.1 cm³/mol. The zero-order chi connectivity index (χ0) is 18.1. The Kier molecular flexibility index (Phi) is 4.67. The summed E-state index contributed by atoms with van der Waals surface area (Å²) in [5.74, 6) is 0.514. The normalized spacial score (nSPS) is 18.2. The second-order valence-corrected chi connectivity index (χ2v) is 7.01. The number of nitro groups is 1. The number of H-pyrrole nitrogens is 1. The first-order valence-corrected chi connectivity index (χ1v) is 8.97. The number of benzene rings is 1. The summed E-state index contributed by atoms with van der Waals surface area (Å²) in [5, 5.41) is 16.1. The Bertz CT molecular complexity index is 871. The maximum Gasteiger partial charge on any atom is 0.270 e. The second-order valence-electron chi connectivity index (χ2n) is 5.92. The molecule has 0 unspecified atom stereocenters. The summed E-state index contributed by atoms with van der Waals surface area (Å²) >= 11 is 1.33. The molecule has 0 radical (unpaired) electrons. The van der Waals surface area contributed by atoms with Crippen molar-refractivity contribution in [3.8, 4) is 0 Å². The monoisotopic (exact) mass is 362 g/mol. The molecule has 0 fully saturated rings. The highest BCUT2D eigenvalue weighted by Crippen LogP contribution is 2.40. The lowest BCUT2D eigenvalue weighted by Gasteiger charge is -2.16. The fraction of sp³-hybridized carbons (Fsp3) is 0.375. The van der Waals surface area contributed by atoms with Crippen LogP contribution in [0.2, 0.25) is 0 Å². The summed E-state index contributed by atoms with van der Waals surface area (Å²) < 4.78 is 1.69. The molecule has 1 aromatic heterocycles. The van der Waals surface area contributed by atoms with Crippen LogP contribution in [0.25, 0.3) is 0 Å². The van der Waals surface area contributed by atoms with E-state index in [1.54, 1.807) is 16.8 Å². The van der Waals surface area contributed by atoms with Gasteiger partial charge in [-0.2, -0.15) is 0 Å². The summed E-state index contributed by atoms with van der Waals surface area (Å²) in [6.07, 6.45) is 0.794. The second kappa shape index (κ2) is 6.75. The van der Waals surface area contributed by atoms with Crippen molar-refractivity contribution < 1.29 is 9.72 Å². The minimum Gasteiger partial charge on any atom is -0.310 e. The van der Waals surface area contributed by atoms with Crippen LogP contribution in [0.1, 0.15) is 42.7 Å². The van der Waals surface area contributed by atoms with Gasteiger partial charge in [0.05, 0.1) is 21.5 Å². The lowest BCUT2D eigenvalue weighted by Crippen LogP contribution is -2.18. The van der Waals surface area contributed by atoms with Crippen LogP contribution in [0.15, 0.2) is 29.1 Å². The van der Waals surface area contributed by atoms with Gasteiger partial charge >= 0.3 is 0 Å². The first-order valence-electron chi connectivity index (χ1n) is 7.92. The van der Waals surface area contributed by atoms with E-state index in [9.17, 15) is 19.7 Å². The summed E-state index contributed by atoms with van der Waals surface area (Å²) in [6, 6.07) is 6.12. The van der Waals surface area contributed by atoms with E-state index in [0.717, 1.165) is 12.0 Å². The molecule has 1 amide bonds. The Morgan fingerprint density at radius 3 is 2.64 bits per heavy atom. The van der Waals surface area contributed by atoms with E-state index in [1.807, 2.05) is 13.8 Å². The van der Waals surface area contributed by atoms with Crippen LogP contribution in [-0.4, -0.2) is 26.4 Å². The van der Waals surface area contributed by atoms with Crippen LogP contribution in [0.5, 0.6) is 0 Å². The molecule has 3 rings (SSSR count). The van der Waals surface area contributed by atoms with Crippen molar-refractivity contribution in [2.45, 2.75) is 31.6 Å². The largest absolute Gasteiger partial charge is 0.310 e. The molecule has 2 N–H and O–H groups in total. The number of carbonyl (C=O) groups excluding carboxylic acids is 1. The van der Waals surface area contributed by atoms with Gasteiger partial charge in [-0.15, -0.1) is 11.8 Å². The molecule has 0 saturated heterocycles. The fourth-order valence-electron chi connectivity index (χ4n) is 2.79. The van der Waals surface area contributed by atoms with E-state index >= 15 is 0 Å². The van der Waals surface area contributed by atoms with Gasteiger partial charge in [-0.05, 0) is 18.9 Å². The van der Waals surface area contributed by atoms with Gasteiger partial charge in [0.2, 0.25) is 5.91 Å². The van der Waals surface area contributed by atoms with Gasteiger partial charge in [-0.25, -0.2) is 0 Å². The third-order valence-electron chi connectivity index (χ3n) is 4.30. The van der Waals surface area contributed by atoms with Crippen LogP contribution in [0.3, 0.4) is 0 Å². The number of nitrogens with zero attached hydrogens (tertiary/aromatic N) is 2. The number of carbonyl (C=O) groups is 1. The molecule has 0 bridgehead atoms. The van der Waals surface area contributed by atoms with Crippen molar-refractivity contribution in [2.24, 2.45) is 0 Å². The fourth-order valence-corrected chi connectivity index (χ4v) is 3.92. The third-order valence-corrected chi connectivity index (χ3v) is 5.57. The number of non-ortho nitro benzene ring substituents is 1. The van der Waals surface area contributed by atoms with Gasteiger partial charge in [0.15, 0.2) is 0 Å². The number of fused-ring (bicyclic) bond motifs is 1. The molecule has 9 heteroatoms. The van der Waals surface area contributed by atoms with Crippen molar-refractivity contribution in [1.29, 1.82) is 0 Å². The zero-order valence-electron chi connectivity index (χ0n) is 13.8. The van der Waals surface area contributed by atoms with Crippen LogP contribution in [0.4, 0.5) is 11.5 Å². The SMILES string of the molecule is CC[C@@H](C)n1[nH]c(=O)c2c1NC(=O)CS[C@@H]2c1ccc([N+](=O)[O-])cc1. The summed E-state index contributed by atoms with van der Waals surface area (Å²) in [5.41, 5.74) is 0.960. The van der Waals surface area contributed by atoms with E-state index < -0.39 is 4.92 Å². The smallest absolute Gasteiger partial charge is 0.270 e. The van der Waals surface area contributed by atoms with Crippen LogP contribution < -0.4 is 10.9 Å². The quantitative estimate of drug-likeness (QED) is 0.642. The molecule has 1 aliphatic heterocycles. The van der Waals surface area contributed by atoms with Crippen molar-refractivity contribution in [3.05, 3.63) is 55.9 Å². The molecule has 132 valence electrons. The van der Waals surface area contributed by atoms with Gasteiger partial charge in [0.1, 0.15) is 5.82 Å². The van der Waals surface area contributed by atoms with Crippen LogP contribution >= 0.6 is 11.8 Å². The molecule has 0 aliphatic carbocycles. The standard InChI is InChI=1S/C16H18N4O4S/c1-3-9(2)19-15-13(16(22)18-19)14(25-8-12(21)17-15)10-4-6-11(7-5-10)20(23)24/h4-7,9,14H,3,8H2,1-2H3,(H,17,21)(H,18,22)/t9-,14-/m1/s1. The molecule has 0 saturated carbocycles. The number of aromatic nitrogens is 2. The molecule has 8 nitrogen and oxygen atoms in total. The maximum atomic E-state index is 12.6. The summed E-state index contributed by atoms with van der Waals surface area (Å²) in [6.45, 7) is 3.96. The maximum absolute atomic E-state index is 12.6. The molecular formula is C16H18N4O4S. The third kappa shape index (κ3) is 3.19. The minimum atomic E-state index is -0.466. The van der Waals surface area contributed by atoms with E-state index in [4.69, 9.17) is 0 Å². The molecule has 2 atom stereocenters. The highest BCUT2D eigenvalue weighted by Gasteiger charge is 2.31. The van der Waals surface area contributed by atoms with Gasteiger partial charge in [-0.3, -0.25) is 29.5 Å². The van der Waals surface area contributed by atoms with Crippen LogP contribution in [-0.2, 0) is 4.79 Å². The Morgan fingerprint density at radius 2 is 2.04 bits per heavy atom. The molecule has 1 aliphatic rings. The van der Waals surface area contributed by atoms with Gasteiger partial charge < -0.3 is 5.32 Å². The minimum absolute atomic E-state index is 0.0112.